The Bertz CT molecular complexity index is 582. The smallest absolute Gasteiger partial charge is 0.339 e. The molecule has 2 rings (SSSR count). The third kappa shape index (κ3) is 3.47. The Morgan fingerprint density at radius 3 is 2.70 bits per heavy atom. The Morgan fingerprint density at radius 2 is 2.05 bits per heavy atom. The number of rotatable bonds is 6. The molecule has 0 atom stereocenters. The van der Waals surface area contributed by atoms with E-state index in [0.29, 0.717) is 12.4 Å². The van der Waals surface area contributed by atoms with Crippen LogP contribution in [0, 0.1) is 0 Å². The number of benzene rings is 1. The van der Waals surface area contributed by atoms with E-state index in [4.69, 9.17) is 9.84 Å². The van der Waals surface area contributed by atoms with Crippen LogP contribution in [0.4, 0.5) is 11.5 Å². The van der Waals surface area contributed by atoms with Gasteiger partial charge in [-0.2, -0.15) is 0 Å². The molecule has 1 aromatic heterocycles. The lowest BCUT2D eigenvalue weighted by Gasteiger charge is -2.09. The van der Waals surface area contributed by atoms with Crippen molar-refractivity contribution in [3.05, 3.63) is 48.2 Å². The van der Waals surface area contributed by atoms with Crippen molar-refractivity contribution in [1.29, 1.82) is 0 Å². The highest BCUT2D eigenvalue weighted by Crippen LogP contribution is 2.21. The summed E-state index contributed by atoms with van der Waals surface area (Å²) in [7, 11) is 0. The Morgan fingerprint density at radius 1 is 1.30 bits per heavy atom. The quantitative estimate of drug-likeness (QED) is 0.844. The van der Waals surface area contributed by atoms with Crippen molar-refractivity contribution in [2.75, 3.05) is 11.9 Å². The highest BCUT2D eigenvalue weighted by atomic mass is 16.5. The first-order chi connectivity index (χ1) is 9.70. The predicted molar refractivity (Wildman–Crippen MR) is 76.7 cm³/mol. The first-order valence-electron chi connectivity index (χ1n) is 6.39. The first kappa shape index (κ1) is 13.9. The van der Waals surface area contributed by atoms with Gasteiger partial charge < -0.3 is 15.2 Å². The highest BCUT2D eigenvalue weighted by Gasteiger charge is 2.10. The van der Waals surface area contributed by atoms with Gasteiger partial charge in [0.05, 0.1) is 6.61 Å². The molecule has 0 saturated carbocycles. The van der Waals surface area contributed by atoms with Gasteiger partial charge >= 0.3 is 5.97 Å². The predicted octanol–water partition coefficient (Wildman–Crippen LogP) is 3.31. The van der Waals surface area contributed by atoms with Crippen molar-refractivity contribution in [2.24, 2.45) is 0 Å². The molecule has 0 aliphatic rings. The van der Waals surface area contributed by atoms with Gasteiger partial charge in [-0.15, -0.1) is 0 Å². The second-order valence-corrected chi connectivity index (χ2v) is 4.20. The van der Waals surface area contributed by atoms with Crippen molar-refractivity contribution >= 4 is 17.5 Å². The summed E-state index contributed by atoms with van der Waals surface area (Å²) in [6.45, 7) is 2.72. The second-order valence-electron chi connectivity index (χ2n) is 4.20. The van der Waals surface area contributed by atoms with Crippen molar-refractivity contribution < 1.29 is 14.6 Å². The summed E-state index contributed by atoms with van der Waals surface area (Å²) >= 11 is 0. The van der Waals surface area contributed by atoms with Crippen molar-refractivity contribution in [3.8, 4) is 5.75 Å². The summed E-state index contributed by atoms with van der Waals surface area (Å²) in [6, 6.07) is 10.4. The molecule has 1 aromatic carbocycles. The molecule has 0 aliphatic heterocycles. The lowest BCUT2D eigenvalue weighted by molar-refractivity contribution is 0.0697. The van der Waals surface area contributed by atoms with E-state index < -0.39 is 5.97 Å². The average molecular weight is 272 g/mol. The van der Waals surface area contributed by atoms with Gasteiger partial charge in [-0.25, -0.2) is 9.78 Å². The zero-order valence-corrected chi connectivity index (χ0v) is 11.2. The molecular weight excluding hydrogens is 256 g/mol. The largest absolute Gasteiger partial charge is 0.494 e. The monoisotopic (exact) mass is 272 g/mol. The normalized spacial score (nSPS) is 10.1. The van der Waals surface area contributed by atoms with Crippen LogP contribution in [0.5, 0.6) is 5.75 Å². The summed E-state index contributed by atoms with van der Waals surface area (Å²) in [6.07, 6.45) is 2.50. The van der Waals surface area contributed by atoms with Crippen LogP contribution in [0.3, 0.4) is 0 Å². The van der Waals surface area contributed by atoms with Crippen LogP contribution in [0.1, 0.15) is 23.7 Å². The maximum absolute atomic E-state index is 11.1. The number of anilines is 2. The number of aromatic nitrogens is 1. The van der Waals surface area contributed by atoms with Crippen molar-refractivity contribution in [1.82, 2.24) is 4.98 Å². The molecular formula is C15H16N2O3. The zero-order chi connectivity index (χ0) is 14.4. The third-order valence-electron chi connectivity index (χ3n) is 2.63. The molecule has 0 fully saturated rings. The van der Waals surface area contributed by atoms with Crippen LogP contribution in [-0.2, 0) is 0 Å². The fourth-order valence-corrected chi connectivity index (χ4v) is 1.67. The summed E-state index contributed by atoms with van der Waals surface area (Å²) in [5.41, 5.74) is 0.897. The summed E-state index contributed by atoms with van der Waals surface area (Å²) < 4.78 is 5.48. The Hall–Kier alpha value is -2.56. The standard InChI is InChI=1S/C15H16N2O3/c1-2-10-20-12-7-5-11(6-8-12)17-14-13(15(18)19)4-3-9-16-14/h3-9H,2,10H2,1H3,(H,16,17)(H,18,19). The number of ether oxygens (including phenoxy) is 1. The molecule has 5 heteroatoms. The number of pyridine rings is 1. The van der Waals surface area contributed by atoms with Gasteiger partial charge in [0.15, 0.2) is 0 Å². The minimum absolute atomic E-state index is 0.138. The van der Waals surface area contributed by atoms with E-state index in [2.05, 4.69) is 10.3 Å². The lowest BCUT2D eigenvalue weighted by atomic mass is 10.2. The number of aromatic carboxylic acids is 1. The molecule has 0 saturated heterocycles. The maximum Gasteiger partial charge on any atom is 0.339 e. The van der Waals surface area contributed by atoms with E-state index in [-0.39, 0.29) is 5.56 Å². The van der Waals surface area contributed by atoms with Crippen LogP contribution < -0.4 is 10.1 Å². The number of nitrogens with zero attached hydrogens (tertiary/aromatic N) is 1. The molecule has 104 valence electrons. The first-order valence-corrected chi connectivity index (χ1v) is 6.39. The average Bonchev–Trinajstić information content (AvgIpc) is 2.47. The van der Waals surface area contributed by atoms with Crippen LogP contribution >= 0.6 is 0 Å². The van der Waals surface area contributed by atoms with Gasteiger partial charge in [-0.05, 0) is 42.8 Å². The van der Waals surface area contributed by atoms with E-state index in [1.165, 1.54) is 6.07 Å². The Labute approximate surface area is 117 Å². The maximum atomic E-state index is 11.1. The highest BCUT2D eigenvalue weighted by molar-refractivity contribution is 5.93. The minimum atomic E-state index is -1.01. The Balaban J connectivity index is 2.12. The summed E-state index contributed by atoms with van der Waals surface area (Å²) in [5.74, 6) is 0.0996. The van der Waals surface area contributed by atoms with E-state index in [9.17, 15) is 4.79 Å². The number of carboxylic acid groups (broad SMARTS) is 1. The molecule has 0 aliphatic carbocycles. The van der Waals surface area contributed by atoms with E-state index >= 15 is 0 Å². The van der Waals surface area contributed by atoms with Crippen LogP contribution in [0.25, 0.3) is 0 Å². The minimum Gasteiger partial charge on any atom is -0.494 e. The van der Waals surface area contributed by atoms with Gasteiger partial charge in [0, 0.05) is 11.9 Å². The van der Waals surface area contributed by atoms with E-state index in [1.807, 2.05) is 31.2 Å². The van der Waals surface area contributed by atoms with Gasteiger partial charge in [0.1, 0.15) is 17.1 Å². The zero-order valence-electron chi connectivity index (χ0n) is 11.2. The number of carbonyl (C=O) groups is 1. The number of nitrogens with one attached hydrogen (secondary N) is 1. The third-order valence-corrected chi connectivity index (χ3v) is 2.63. The van der Waals surface area contributed by atoms with E-state index in [1.54, 1.807) is 12.3 Å². The fraction of sp³-hybridized carbons (Fsp3) is 0.200. The van der Waals surface area contributed by atoms with Gasteiger partial charge in [0.25, 0.3) is 0 Å². The van der Waals surface area contributed by atoms with Crippen molar-refractivity contribution in [2.45, 2.75) is 13.3 Å². The van der Waals surface area contributed by atoms with Gasteiger partial charge in [-0.1, -0.05) is 6.92 Å². The lowest BCUT2D eigenvalue weighted by Crippen LogP contribution is -2.04. The molecule has 0 amide bonds. The summed E-state index contributed by atoms with van der Waals surface area (Å²) in [5, 5.41) is 12.1. The number of carboxylic acids is 1. The molecule has 1 heterocycles. The number of hydrogen-bond acceptors (Lipinski definition) is 4. The molecule has 5 nitrogen and oxygen atoms in total. The summed E-state index contributed by atoms with van der Waals surface area (Å²) in [4.78, 5) is 15.1. The van der Waals surface area contributed by atoms with Gasteiger partial charge in [-0.3, -0.25) is 0 Å². The topological polar surface area (TPSA) is 71.5 Å². The van der Waals surface area contributed by atoms with Crippen LogP contribution in [-0.4, -0.2) is 22.7 Å². The van der Waals surface area contributed by atoms with Crippen molar-refractivity contribution in [3.63, 3.8) is 0 Å². The van der Waals surface area contributed by atoms with Crippen LogP contribution in [0.2, 0.25) is 0 Å². The molecule has 2 N–H and O–H groups in total. The second kappa shape index (κ2) is 6.56. The number of hydrogen-bond donors (Lipinski definition) is 2. The molecule has 20 heavy (non-hydrogen) atoms. The van der Waals surface area contributed by atoms with Gasteiger partial charge in [0.2, 0.25) is 0 Å². The molecule has 0 unspecified atom stereocenters. The molecule has 0 spiro atoms. The molecule has 0 radical (unpaired) electrons. The fourth-order valence-electron chi connectivity index (χ4n) is 1.67. The SMILES string of the molecule is CCCOc1ccc(Nc2ncccc2C(=O)O)cc1. The van der Waals surface area contributed by atoms with E-state index in [0.717, 1.165) is 17.9 Å². The molecule has 2 aromatic rings. The van der Waals surface area contributed by atoms with Crippen LogP contribution in [0.15, 0.2) is 42.6 Å². The Kier molecular flexibility index (Phi) is 4.55. The molecule has 0 bridgehead atoms.